The summed E-state index contributed by atoms with van der Waals surface area (Å²) in [5.41, 5.74) is 1.96. The monoisotopic (exact) mass is 329 g/mol. The second kappa shape index (κ2) is 6.31. The average molecular weight is 329 g/mol. The van der Waals surface area contributed by atoms with Crippen molar-refractivity contribution in [2.75, 3.05) is 25.7 Å². The van der Waals surface area contributed by atoms with E-state index >= 15 is 0 Å². The standard InChI is InChI=1S/C18H16FNO4/c1-23-13-4-5-14(15(19)10-13)17(21)20-8-7-11-9-12(18(22)24-2)3-6-16(11)20/h3-6,9-10H,7-8H2,1-2H3. The number of fused-ring (bicyclic) bond motifs is 1. The first-order valence-electron chi connectivity index (χ1n) is 7.42. The third-order valence-corrected chi connectivity index (χ3v) is 4.05. The van der Waals surface area contributed by atoms with Gasteiger partial charge >= 0.3 is 5.97 Å². The van der Waals surface area contributed by atoms with E-state index in [2.05, 4.69) is 0 Å². The molecule has 3 rings (SSSR count). The molecular weight excluding hydrogens is 313 g/mol. The molecule has 0 spiro atoms. The van der Waals surface area contributed by atoms with Gasteiger partial charge in [-0.05, 0) is 42.3 Å². The summed E-state index contributed by atoms with van der Waals surface area (Å²) in [5.74, 6) is -1.11. The molecular formula is C18H16FNO4. The molecule has 2 aromatic carbocycles. The van der Waals surface area contributed by atoms with E-state index in [-0.39, 0.29) is 5.56 Å². The van der Waals surface area contributed by atoms with Gasteiger partial charge < -0.3 is 14.4 Å². The Labute approximate surface area is 138 Å². The number of esters is 1. The van der Waals surface area contributed by atoms with E-state index in [1.54, 1.807) is 24.3 Å². The van der Waals surface area contributed by atoms with Crippen LogP contribution in [0.5, 0.6) is 5.75 Å². The van der Waals surface area contributed by atoms with Crippen LogP contribution in [0.2, 0.25) is 0 Å². The fourth-order valence-electron chi connectivity index (χ4n) is 2.80. The van der Waals surface area contributed by atoms with Crippen molar-refractivity contribution in [2.24, 2.45) is 0 Å². The molecule has 0 bridgehead atoms. The Morgan fingerprint density at radius 1 is 1.12 bits per heavy atom. The van der Waals surface area contributed by atoms with Crippen LogP contribution >= 0.6 is 0 Å². The lowest BCUT2D eigenvalue weighted by atomic mass is 10.1. The number of nitrogens with zero attached hydrogens (tertiary/aromatic N) is 1. The molecule has 2 aromatic rings. The van der Waals surface area contributed by atoms with Crippen LogP contribution in [0.25, 0.3) is 0 Å². The van der Waals surface area contributed by atoms with Crippen molar-refractivity contribution in [2.45, 2.75) is 6.42 Å². The summed E-state index contributed by atoms with van der Waals surface area (Å²) in [5, 5.41) is 0. The number of benzene rings is 2. The van der Waals surface area contributed by atoms with Gasteiger partial charge in [-0.15, -0.1) is 0 Å². The maximum atomic E-state index is 14.1. The van der Waals surface area contributed by atoms with Gasteiger partial charge in [0.05, 0.1) is 25.3 Å². The quantitative estimate of drug-likeness (QED) is 0.813. The van der Waals surface area contributed by atoms with Gasteiger partial charge in [-0.25, -0.2) is 9.18 Å². The zero-order chi connectivity index (χ0) is 17.3. The first-order valence-corrected chi connectivity index (χ1v) is 7.42. The molecule has 1 aliphatic rings. The highest BCUT2D eigenvalue weighted by Gasteiger charge is 2.28. The van der Waals surface area contributed by atoms with E-state index in [4.69, 9.17) is 9.47 Å². The molecule has 0 saturated carbocycles. The molecule has 24 heavy (non-hydrogen) atoms. The maximum absolute atomic E-state index is 14.1. The molecule has 5 nitrogen and oxygen atoms in total. The largest absolute Gasteiger partial charge is 0.497 e. The molecule has 0 unspecified atom stereocenters. The SMILES string of the molecule is COC(=O)c1ccc2c(c1)CCN2C(=O)c1ccc(OC)cc1F. The Morgan fingerprint density at radius 2 is 1.92 bits per heavy atom. The highest BCUT2D eigenvalue weighted by Crippen LogP contribution is 2.31. The first kappa shape index (κ1) is 16.0. The van der Waals surface area contributed by atoms with Gasteiger partial charge in [0.2, 0.25) is 0 Å². The van der Waals surface area contributed by atoms with Crippen molar-refractivity contribution < 1.29 is 23.5 Å². The second-order valence-electron chi connectivity index (χ2n) is 5.39. The number of hydrogen-bond acceptors (Lipinski definition) is 4. The molecule has 6 heteroatoms. The minimum absolute atomic E-state index is 0.0132. The Morgan fingerprint density at radius 3 is 2.58 bits per heavy atom. The van der Waals surface area contributed by atoms with Gasteiger partial charge in [0.15, 0.2) is 0 Å². The summed E-state index contributed by atoms with van der Waals surface area (Å²) in [4.78, 5) is 25.8. The van der Waals surface area contributed by atoms with E-state index < -0.39 is 17.7 Å². The Bertz CT molecular complexity index is 819. The van der Waals surface area contributed by atoms with Gasteiger partial charge in [0.25, 0.3) is 5.91 Å². The number of methoxy groups -OCH3 is 2. The van der Waals surface area contributed by atoms with Crippen molar-refractivity contribution in [3.63, 3.8) is 0 Å². The number of carbonyl (C=O) groups is 2. The van der Waals surface area contributed by atoms with Crippen molar-refractivity contribution in [1.29, 1.82) is 0 Å². The number of hydrogen-bond donors (Lipinski definition) is 0. The molecule has 0 aromatic heterocycles. The van der Waals surface area contributed by atoms with E-state index in [9.17, 15) is 14.0 Å². The predicted octanol–water partition coefficient (Wildman–Crippen LogP) is 2.82. The maximum Gasteiger partial charge on any atom is 0.337 e. The molecule has 0 atom stereocenters. The summed E-state index contributed by atoms with van der Waals surface area (Å²) in [6.45, 7) is 0.435. The average Bonchev–Trinajstić information content (AvgIpc) is 3.03. The Balaban J connectivity index is 1.91. The molecule has 0 saturated heterocycles. The predicted molar refractivity (Wildman–Crippen MR) is 86.1 cm³/mol. The van der Waals surface area contributed by atoms with Crippen LogP contribution in [0.4, 0.5) is 10.1 Å². The smallest absolute Gasteiger partial charge is 0.337 e. The highest BCUT2D eigenvalue weighted by molar-refractivity contribution is 6.07. The topological polar surface area (TPSA) is 55.8 Å². The lowest BCUT2D eigenvalue weighted by Crippen LogP contribution is -2.29. The van der Waals surface area contributed by atoms with Crippen molar-refractivity contribution in [3.05, 3.63) is 58.9 Å². The Hall–Kier alpha value is -2.89. The number of carbonyl (C=O) groups excluding carboxylic acids is 2. The van der Waals surface area contributed by atoms with Gasteiger partial charge in [-0.3, -0.25) is 4.79 Å². The molecule has 1 aliphatic heterocycles. The number of anilines is 1. The molecule has 0 aliphatic carbocycles. The van der Waals surface area contributed by atoms with Crippen LogP contribution in [0, 0.1) is 5.82 Å². The fraction of sp³-hybridized carbons (Fsp3) is 0.222. The molecule has 124 valence electrons. The summed E-state index contributed by atoms with van der Waals surface area (Å²) in [6.07, 6.45) is 0.601. The van der Waals surface area contributed by atoms with E-state index in [0.29, 0.717) is 30.0 Å². The van der Waals surface area contributed by atoms with Crippen LogP contribution in [0.1, 0.15) is 26.3 Å². The molecule has 0 N–H and O–H groups in total. The summed E-state index contributed by atoms with van der Waals surface area (Å²) < 4.78 is 23.8. The van der Waals surface area contributed by atoms with E-state index in [0.717, 1.165) is 5.56 Å². The number of amides is 1. The third kappa shape index (κ3) is 2.71. The van der Waals surface area contributed by atoms with Crippen molar-refractivity contribution >= 4 is 17.6 Å². The normalized spacial score (nSPS) is 12.7. The van der Waals surface area contributed by atoms with E-state index in [1.807, 2.05) is 0 Å². The van der Waals surface area contributed by atoms with Gasteiger partial charge in [-0.2, -0.15) is 0 Å². The first-order chi connectivity index (χ1) is 11.5. The lowest BCUT2D eigenvalue weighted by Gasteiger charge is -2.18. The fourth-order valence-corrected chi connectivity index (χ4v) is 2.80. The molecule has 1 amide bonds. The van der Waals surface area contributed by atoms with Gasteiger partial charge in [0.1, 0.15) is 11.6 Å². The van der Waals surface area contributed by atoms with Crippen molar-refractivity contribution in [3.8, 4) is 5.75 Å². The minimum atomic E-state index is -0.626. The zero-order valence-electron chi connectivity index (χ0n) is 13.3. The van der Waals surface area contributed by atoms with Crippen molar-refractivity contribution in [1.82, 2.24) is 0 Å². The van der Waals surface area contributed by atoms with Crippen LogP contribution in [-0.2, 0) is 11.2 Å². The summed E-state index contributed by atoms with van der Waals surface area (Å²) >= 11 is 0. The minimum Gasteiger partial charge on any atom is -0.497 e. The number of halogens is 1. The molecule has 0 radical (unpaired) electrons. The summed E-state index contributed by atoms with van der Waals surface area (Å²) in [7, 11) is 2.75. The molecule has 0 fully saturated rings. The summed E-state index contributed by atoms with van der Waals surface area (Å²) in [6, 6.07) is 9.14. The molecule has 1 heterocycles. The van der Waals surface area contributed by atoms with Crippen LogP contribution in [0.3, 0.4) is 0 Å². The zero-order valence-corrected chi connectivity index (χ0v) is 13.3. The van der Waals surface area contributed by atoms with E-state index in [1.165, 1.54) is 31.3 Å². The van der Waals surface area contributed by atoms with Gasteiger partial charge in [-0.1, -0.05) is 0 Å². The lowest BCUT2D eigenvalue weighted by molar-refractivity contribution is 0.0600. The number of ether oxygens (including phenoxy) is 2. The third-order valence-electron chi connectivity index (χ3n) is 4.05. The second-order valence-corrected chi connectivity index (χ2v) is 5.39. The Kier molecular flexibility index (Phi) is 4.20. The van der Waals surface area contributed by atoms with Crippen LogP contribution in [-0.4, -0.2) is 32.6 Å². The van der Waals surface area contributed by atoms with Crippen LogP contribution in [0.15, 0.2) is 36.4 Å². The number of rotatable bonds is 3. The van der Waals surface area contributed by atoms with Crippen LogP contribution < -0.4 is 9.64 Å². The highest BCUT2D eigenvalue weighted by atomic mass is 19.1. The van der Waals surface area contributed by atoms with Gasteiger partial charge in [0, 0.05) is 18.3 Å².